The van der Waals surface area contributed by atoms with Gasteiger partial charge in [-0.05, 0) is 49.5 Å². The summed E-state index contributed by atoms with van der Waals surface area (Å²) in [6.07, 6.45) is -1.75. The third kappa shape index (κ3) is 1.36. The first kappa shape index (κ1) is 12.2. The SMILES string of the molecule is O[C@H]1c2cccc3ccc4c5ccccc5cc(c4c23)[C@@H]1O. The first-order valence-corrected chi connectivity index (χ1v) is 7.49. The van der Waals surface area contributed by atoms with Crippen molar-refractivity contribution in [2.75, 3.05) is 0 Å². The van der Waals surface area contributed by atoms with Crippen LogP contribution in [0, 0.1) is 0 Å². The van der Waals surface area contributed by atoms with Crippen LogP contribution in [0.2, 0.25) is 0 Å². The molecule has 2 N–H and O–H groups in total. The highest BCUT2D eigenvalue weighted by molar-refractivity contribution is 6.20. The van der Waals surface area contributed by atoms with Gasteiger partial charge in [0.2, 0.25) is 0 Å². The Bertz CT molecular complexity index is 1070. The molecule has 2 atom stereocenters. The fourth-order valence-electron chi connectivity index (χ4n) is 3.86. The molecule has 1 aliphatic rings. The number of rotatable bonds is 0. The molecule has 0 spiro atoms. The van der Waals surface area contributed by atoms with Crippen LogP contribution in [-0.2, 0) is 0 Å². The second-order valence-corrected chi connectivity index (χ2v) is 6.01. The van der Waals surface area contributed by atoms with Gasteiger partial charge in [0.25, 0.3) is 0 Å². The Morgan fingerprint density at radius 3 is 2.27 bits per heavy atom. The van der Waals surface area contributed by atoms with E-state index in [9.17, 15) is 10.2 Å². The van der Waals surface area contributed by atoms with E-state index in [1.165, 1.54) is 5.39 Å². The van der Waals surface area contributed by atoms with E-state index in [0.29, 0.717) is 0 Å². The number of aliphatic hydroxyl groups is 2. The average Bonchev–Trinajstić information content (AvgIpc) is 2.57. The van der Waals surface area contributed by atoms with Crippen molar-refractivity contribution >= 4 is 32.3 Å². The molecule has 0 saturated carbocycles. The van der Waals surface area contributed by atoms with Gasteiger partial charge in [-0.25, -0.2) is 0 Å². The van der Waals surface area contributed by atoms with Gasteiger partial charge in [-0.2, -0.15) is 0 Å². The number of benzene rings is 4. The third-order valence-electron chi connectivity index (χ3n) is 4.86. The second kappa shape index (κ2) is 4.07. The minimum atomic E-state index is -0.882. The smallest absolute Gasteiger partial charge is 0.110 e. The van der Waals surface area contributed by atoms with Crippen LogP contribution in [0.1, 0.15) is 23.3 Å². The van der Waals surface area contributed by atoms with Crippen LogP contribution in [0.15, 0.2) is 60.7 Å². The van der Waals surface area contributed by atoms with Crippen LogP contribution < -0.4 is 0 Å². The summed E-state index contributed by atoms with van der Waals surface area (Å²) in [6, 6.07) is 20.3. The Balaban J connectivity index is 2.15. The quantitative estimate of drug-likeness (QED) is 0.475. The molecule has 0 aliphatic heterocycles. The predicted octanol–water partition coefficient (Wildman–Crippen LogP) is 4.23. The zero-order chi connectivity index (χ0) is 14.8. The lowest BCUT2D eigenvalue weighted by molar-refractivity contribution is 0.0179. The molecule has 0 aromatic heterocycles. The largest absolute Gasteiger partial charge is 0.385 e. The van der Waals surface area contributed by atoms with Crippen molar-refractivity contribution in [1.82, 2.24) is 0 Å². The third-order valence-corrected chi connectivity index (χ3v) is 4.86. The van der Waals surface area contributed by atoms with Crippen LogP contribution in [0.25, 0.3) is 32.3 Å². The molecule has 0 bridgehead atoms. The Morgan fingerprint density at radius 2 is 1.36 bits per heavy atom. The minimum absolute atomic E-state index is 0.818. The van der Waals surface area contributed by atoms with Crippen LogP contribution in [0.4, 0.5) is 0 Å². The average molecular weight is 286 g/mol. The first-order valence-electron chi connectivity index (χ1n) is 7.49. The second-order valence-electron chi connectivity index (χ2n) is 6.01. The van der Waals surface area contributed by atoms with Gasteiger partial charge in [0, 0.05) is 0 Å². The molecular weight excluding hydrogens is 272 g/mol. The van der Waals surface area contributed by atoms with Crippen molar-refractivity contribution < 1.29 is 10.2 Å². The normalized spacial score (nSPS) is 20.3. The van der Waals surface area contributed by atoms with E-state index in [1.807, 2.05) is 30.3 Å². The molecule has 1 aliphatic carbocycles. The summed E-state index contributed by atoms with van der Waals surface area (Å²) in [5, 5.41) is 27.8. The Labute approximate surface area is 127 Å². The van der Waals surface area contributed by atoms with Crippen LogP contribution in [0.5, 0.6) is 0 Å². The lowest BCUT2D eigenvalue weighted by atomic mass is 9.81. The van der Waals surface area contributed by atoms with Gasteiger partial charge >= 0.3 is 0 Å². The molecule has 0 unspecified atom stereocenters. The van der Waals surface area contributed by atoms with E-state index in [4.69, 9.17) is 0 Å². The molecule has 2 heteroatoms. The maximum Gasteiger partial charge on any atom is 0.110 e. The van der Waals surface area contributed by atoms with Gasteiger partial charge in [0.1, 0.15) is 12.2 Å². The van der Waals surface area contributed by atoms with Gasteiger partial charge in [0.15, 0.2) is 0 Å². The standard InChI is InChI=1S/C20H14O2/c21-19-15-7-3-5-11-8-9-14-13-6-2-1-4-12(13)10-16(20(19)22)18(14)17(11)15/h1-10,19-22H/t19-,20-/m0/s1. The van der Waals surface area contributed by atoms with E-state index in [-0.39, 0.29) is 0 Å². The summed E-state index contributed by atoms with van der Waals surface area (Å²) >= 11 is 0. The van der Waals surface area contributed by atoms with Gasteiger partial charge in [0.05, 0.1) is 0 Å². The van der Waals surface area contributed by atoms with Crippen molar-refractivity contribution in [3.63, 3.8) is 0 Å². The van der Waals surface area contributed by atoms with E-state index >= 15 is 0 Å². The highest BCUT2D eigenvalue weighted by atomic mass is 16.3. The van der Waals surface area contributed by atoms with Crippen LogP contribution in [-0.4, -0.2) is 10.2 Å². The zero-order valence-corrected chi connectivity index (χ0v) is 11.8. The zero-order valence-electron chi connectivity index (χ0n) is 11.8. The number of aliphatic hydroxyl groups excluding tert-OH is 2. The van der Waals surface area contributed by atoms with Gasteiger partial charge < -0.3 is 10.2 Å². The molecule has 0 heterocycles. The lowest BCUT2D eigenvalue weighted by Gasteiger charge is -2.28. The molecule has 5 rings (SSSR count). The molecule has 4 aromatic carbocycles. The Morgan fingerprint density at radius 1 is 0.591 bits per heavy atom. The van der Waals surface area contributed by atoms with Crippen LogP contribution >= 0.6 is 0 Å². The maximum atomic E-state index is 10.6. The van der Waals surface area contributed by atoms with Gasteiger partial charge in [-0.3, -0.25) is 0 Å². The number of hydrogen-bond acceptors (Lipinski definition) is 2. The molecule has 22 heavy (non-hydrogen) atoms. The fourth-order valence-corrected chi connectivity index (χ4v) is 3.86. The topological polar surface area (TPSA) is 40.5 Å². The predicted molar refractivity (Wildman–Crippen MR) is 88.9 cm³/mol. The highest BCUT2D eigenvalue weighted by Crippen LogP contribution is 2.46. The van der Waals surface area contributed by atoms with E-state index in [0.717, 1.165) is 38.1 Å². The van der Waals surface area contributed by atoms with Crippen molar-refractivity contribution in [3.8, 4) is 0 Å². The first-order chi connectivity index (χ1) is 10.8. The van der Waals surface area contributed by atoms with Gasteiger partial charge in [-0.1, -0.05) is 54.6 Å². The number of fused-ring (bicyclic) bond motifs is 2. The van der Waals surface area contributed by atoms with Crippen molar-refractivity contribution in [1.29, 1.82) is 0 Å². The summed E-state index contributed by atoms with van der Waals surface area (Å²) in [5.74, 6) is 0. The molecule has 4 aromatic rings. The summed E-state index contributed by atoms with van der Waals surface area (Å²) in [4.78, 5) is 0. The van der Waals surface area contributed by atoms with Crippen LogP contribution in [0.3, 0.4) is 0 Å². The van der Waals surface area contributed by atoms with E-state index in [2.05, 4.69) is 30.3 Å². The molecular formula is C20H14O2. The minimum Gasteiger partial charge on any atom is -0.385 e. The molecule has 0 radical (unpaired) electrons. The summed E-state index contributed by atoms with van der Waals surface area (Å²) < 4.78 is 0. The fraction of sp³-hybridized carbons (Fsp3) is 0.100. The van der Waals surface area contributed by atoms with Crippen molar-refractivity contribution in [3.05, 3.63) is 71.8 Å². The number of hydrogen-bond donors (Lipinski definition) is 2. The maximum absolute atomic E-state index is 10.6. The van der Waals surface area contributed by atoms with E-state index in [1.54, 1.807) is 0 Å². The molecule has 106 valence electrons. The van der Waals surface area contributed by atoms with Crippen molar-refractivity contribution in [2.24, 2.45) is 0 Å². The monoisotopic (exact) mass is 286 g/mol. The molecule has 0 fully saturated rings. The lowest BCUT2D eigenvalue weighted by Crippen LogP contribution is -2.15. The van der Waals surface area contributed by atoms with Crippen molar-refractivity contribution in [2.45, 2.75) is 12.2 Å². The molecule has 2 nitrogen and oxygen atoms in total. The Kier molecular flexibility index (Phi) is 2.25. The molecule has 0 saturated heterocycles. The highest BCUT2D eigenvalue weighted by Gasteiger charge is 2.30. The Hall–Kier alpha value is -2.42. The molecule has 0 amide bonds. The van der Waals surface area contributed by atoms with E-state index < -0.39 is 12.2 Å². The summed E-state index contributed by atoms with van der Waals surface area (Å²) in [7, 11) is 0. The summed E-state index contributed by atoms with van der Waals surface area (Å²) in [5.41, 5.74) is 1.64. The van der Waals surface area contributed by atoms with Gasteiger partial charge in [-0.15, -0.1) is 0 Å². The summed E-state index contributed by atoms with van der Waals surface area (Å²) in [6.45, 7) is 0.